The first-order valence-electron chi connectivity index (χ1n) is 6.42. The predicted octanol–water partition coefficient (Wildman–Crippen LogP) is 0.952. The quantitative estimate of drug-likeness (QED) is 0.519. The highest BCUT2D eigenvalue weighted by molar-refractivity contribution is 5.82. The van der Waals surface area contributed by atoms with Crippen molar-refractivity contribution in [2.45, 2.75) is 33.7 Å². The van der Waals surface area contributed by atoms with Crippen LogP contribution in [-0.4, -0.2) is 49.1 Å². The fourth-order valence-electron chi connectivity index (χ4n) is 1.49. The van der Waals surface area contributed by atoms with Crippen LogP contribution in [0.15, 0.2) is 12.2 Å². The van der Waals surface area contributed by atoms with E-state index < -0.39 is 0 Å². The third-order valence-electron chi connectivity index (χ3n) is 2.53. The number of hydrogen-bond donors (Lipinski definition) is 1. The molecule has 0 radical (unpaired) electrons. The summed E-state index contributed by atoms with van der Waals surface area (Å²) < 4.78 is 4.74. The van der Waals surface area contributed by atoms with Crippen LogP contribution in [0.2, 0.25) is 0 Å². The number of nitrogens with one attached hydrogen (secondary N) is 1. The lowest BCUT2D eigenvalue weighted by Gasteiger charge is -2.23. The summed E-state index contributed by atoms with van der Waals surface area (Å²) in [5.74, 6) is -0.286. The monoisotopic (exact) mass is 256 g/mol. The summed E-state index contributed by atoms with van der Waals surface area (Å²) in [6, 6.07) is -0.253. The Morgan fingerprint density at radius 1 is 1.28 bits per heavy atom. The largest absolute Gasteiger partial charge is 0.463 e. The molecular weight excluding hydrogens is 232 g/mol. The molecule has 18 heavy (non-hydrogen) atoms. The van der Waals surface area contributed by atoms with E-state index in [2.05, 4.69) is 5.32 Å². The van der Waals surface area contributed by atoms with Crippen LogP contribution in [0.1, 0.15) is 27.7 Å². The lowest BCUT2D eigenvalue weighted by atomic mass is 10.2. The fraction of sp³-hybridized carbons (Fsp3) is 0.692. The van der Waals surface area contributed by atoms with Crippen LogP contribution in [0.3, 0.4) is 0 Å². The van der Waals surface area contributed by atoms with Crippen LogP contribution in [-0.2, 0) is 14.3 Å². The molecule has 1 amide bonds. The van der Waals surface area contributed by atoms with E-state index in [4.69, 9.17) is 4.74 Å². The Kier molecular flexibility index (Phi) is 8.92. The fourth-order valence-corrected chi connectivity index (χ4v) is 1.49. The van der Waals surface area contributed by atoms with Crippen LogP contribution in [0.5, 0.6) is 0 Å². The Balaban J connectivity index is 3.99. The number of ether oxygens (including phenoxy) is 1. The summed E-state index contributed by atoms with van der Waals surface area (Å²) in [7, 11) is 0. The van der Waals surface area contributed by atoms with Gasteiger partial charge < -0.3 is 15.0 Å². The van der Waals surface area contributed by atoms with Crippen molar-refractivity contribution < 1.29 is 14.3 Å². The van der Waals surface area contributed by atoms with E-state index >= 15 is 0 Å². The number of likely N-dealkylation sites (N-methyl/N-ethyl adjacent to an activating group) is 1. The minimum Gasteiger partial charge on any atom is -0.463 e. The van der Waals surface area contributed by atoms with E-state index in [1.165, 1.54) is 6.08 Å². The van der Waals surface area contributed by atoms with E-state index in [1.54, 1.807) is 17.9 Å². The second-order valence-corrected chi connectivity index (χ2v) is 3.79. The SMILES string of the molecule is CCOC(=O)/C=C/CNC(C)C(=O)N(CC)CC. The molecule has 0 aromatic carbocycles. The highest BCUT2D eigenvalue weighted by Crippen LogP contribution is 1.94. The number of amides is 1. The minimum atomic E-state index is -0.359. The second kappa shape index (κ2) is 9.65. The smallest absolute Gasteiger partial charge is 0.330 e. The van der Waals surface area contributed by atoms with Gasteiger partial charge in [0.2, 0.25) is 5.91 Å². The van der Waals surface area contributed by atoms with Crippen molar-refractivity contribution in [3.63, 3.8) is 0 Å². The molecule has 0 aromatic heterocycles. The number of hydrogen-bond acceptors (Lipinski definition) is 4. The minimum absolute atomic E-state index is 0.0736. The Labute approximate surface area is 109 Å². The van der Waals surface area contributed by atoms with Gasteiger partial charge in [0, 0.05) is 25.7 Å². The topological polar surface area (TPSA) is 58.6 Å². The van der Waals surface area contributed by atoms with Crippen molar-refractivity contribution in [2.75, 3.05) is 26.2 Å². The van der Waals surface area contributed by atoms with Crippen molar-refractivity contribution in [1.82, 2.24) is 10.2 Å². The van der Waals surface area contributed by atoms with Crippen LogP contribution in [0.25, 0.3) is 0 Å². The van der Waals surface area contributed by atoms with E-state index in [0.29, 0.717) is 26.2 Å². The van der Waals surface area contributed by atoms with Gasteiger partial charge in [0.25, 0.3) is 0 Å². The van der Waals surface area contributed by atoms with Crippen molar-refractivity contribution >= 4 is 11.9 Å². The van der Waals surface area contributed by atoms with Gasteiger partial charge in [-0.05, 0) is 27.7 Å². The van der Waals surface area contributed by atoms with E-state index in [0.717, 1.165) is 0 Å². The summed E-state index contributed by atoms with van der Waals surface area (Å²) in [4.78, 5) is 24.7. The first-order valence-corrected chi connectivity index (χ1v) is 6.42. The van der Waals surface area contributed by atoms with Crippen LogP contribution in [0.4, 0.5) is 0 Å². The molecule has 0 aliphatic rings. The molecule has 104 valence electrons. The first-order chi connectivity index (χ1) is 8.56. The van der Waals surface area contributed by atoms with Gasteiger partial charge in [-0.25, -0.2) is 4.79 Å². The zero-order valence-corrected chi connectivity index (χ0v) is 11.7. The van der Waals surface area contributed by atoms with Gasteiger partial charge in [-0.15, -0.1) is 0 Å². The molecule has 0 aliphatic heterocycles. The molecule has 1 unspecified atom stereocenters. The summed E-state index contributed by atoms with van der Waals surface area (Å²) >= 11 is 0. The van der Waals surface area contributed by atoms with Crippen molar-refractivity contribution in [3.05, 3.63) is 12.2 Å². The first kappa shape index (κ1) is 16.6. The number of rotatable bonds is 8. The third-order valence-corrected chi connectivity index (χ3v) is 2.53. The summed E-state index contributed by atoms with van der Waals surface area (Å²) in [5, 5.41) is 3.04. The Morgan fingerprint density at radius 2 is 1.89 bits per heavy atom. The zero-order chi connectivity index (χ0) is 14.0. The maximum absolute atomic E-state index is 11.9. The summed E-state index contributed by atoms with van der Waals surface area (Å²) in [6.07, 6.45) is 3.02. The zero-order valence-electron chi connectivity index (χ0n) is 11.7. The van der Waals surface area contributed by atoms with Crippen molar-refractivity contribution in [3.8, 4) is 0 Å². The molecule has 0 rings (SSSR count). The molecule has 0 saturated carbocycles. The van der Waals surface area contributed by atoms with Gasteiger partial charge >= 0.3 is 5.97 Å². The van der Waals surface area contributed by atoms with E-state index in [-0.39, 0.29) is 17.9 Å². The molecule has 5 nitrogen and oxygen atoms in total. The molecule has 1 atom stereocenters. The molecular formula is C13H24N2O3. The average Bonchev–Trinajstić information content (AvgIpc) is 2.36. The van der Waals surface area contributed by atoms with Gasteiger partial charge in [-0.3, -0.25) is 4.79 Å². The van der Waals surface area contributed by atoms with Gasteiger partial charge in [-0.2, -0.15) is 0 Å². The standard InChI is InChI=1S/C13H24N2O3/c1-5-15(6-2)13(17)11(4)14-10-8-9-12(16)18-7-3/h8-9,11,14H,5-7,10H2,1-4H3/b9-8+. The Morgan fingerprint density at radius 3 is 2.39 bits per heavy atom. The Bertz CT molecular complexity index is 286. The molecule has 0 aliphatic carbocycles. The van der Waals surface area contributed by atoms with Crippen LogP contribution in [0, 0.1) is 0 Å². The number of carbonyl (C=O) groups is 2. The van der Waals surface area contributed by atoms with Gasteiger partial charge in [0.15, 0.2) is 0 Å². The highest BCUT2D eigenvalue weighted by Gasteiger charge is 2.16. The van der Waals surface area contributed by atoms with E-state index in [1.807, 2.05) is 20.8 Å². The molecule has 0 bridgehead atoms. The molecule has 0 aromatic rings. The molecule has 0 spiro atoms. The summed E-state index contributed by atoms with van der Waals surface area (Å²) in [5.41, 5.74) is 0. The van der Waals surface area contributed by atoms with Gasteiger partial charge in [0.05, 0.1) is 12.6 Å². The normalized spacial score (nSPS) is 12.4. The van der Waals surface area contributed by atoms with Crippen molar-refractivity contribution in [1.29, 1.82) is 0 Å². The van der Waals surface area contributed by atoms with E-state index in [9.17, 15) is 9.59 Å². The number of nitrogens with zero attached hydrogens (tertiary/aromatic N) is 1. The average molecular weight is 256 g/mol. The van der Waals surface area contributed by atoms with Crippen LogP contribution < -0.4 is 5.32 Å². The third kappa shape index (κ3) is 6.39. The lowest BCUT2D eigenvalue weighted by Crippen LogP contribution is -2.44. The van der Waals surface area contributed by atoms with Gasteiger partial charge in [-0.1, -0.05) is 6.08 Å². The molecule has 5 heteroatoms. The van der Waals surface area contributed by atoms with Crippen molar-refractivity contribution in [2.24, 2.45) is 0 Å². The maximum atomic E-state index is 11.9. The second-order valence-electron chi connectivity index (χ2n) is 3.79. The molecule has 1 N–H and O–H groups in total. The molecule has 0 saturated heterocycles. The predicted molar refractivity (Wildman–Crippen MR) is 71.2 cm³/mol. The maximum Gasteiger partial charge on any atom is 0.330 e. The molecule has 0 fully saturated rings. The highest BCUT2D eigenvalue weighted by atomic mass is 16.5. The number of esters is 1. The molecule has 0 heterocycles. The lowest BCUT2D eigenvalue weighted by molar-refractivity contribution is -0.137. The van der Waals surface area contributed by atoms with Gasteiger partial charge in [0.1, 0.15) is 0 Å². The van der Waals surface area contributed by atoms with Crippen LogP contribution >= 0.6 is 0 Å². The number of carbonyl (C=O) groups excluding carboxylic acids is 2. The summed E-state index contributed by atoms with van der Waals surface area (Å²) in [6.45, 7) is 9.73. The Hall–Kier alpha value is -1.36.